The first-order valence-electron chi connectivity index (χ1n) is 9.89. The van der Waals surface area contributed by atoms with Crippen molar-refractivity contribution in [2.75, 3.05) is 27.4 Å². The third-order valence-electron chi connectivity index (χ3n) is 4.65. The smallest absolute Gasteiger partial charge is 0.161 e. The first-order chi connectivity index (χ1) is 15.1. The number of nitriles is 1. The minimum Gasteiger partial charge on any atom is -0.493 e. The van der Waals surface area contributed by atoms with Gasteiger partial charge in [0.25, 0.3) is 0 Å². The van der Waals surface area contributed by atoms with Crippen LogP contribution in [-0.4, -0.2) is 27.4 Å². The first kappa shape index (κ1) is 21.8. The van der Waals surface area contributed by atoms with Crippen molar-refractivity contribution in [3.05, 3.63) is 83.4 Å². The fourth-order valence-electron chi connectivity index (χ4n) is 2.96. The summed E-state index contributed by atoms with van der Waals surface area (Å²) in [6, 6.07) is 23.2. The van der Waals surface area contributed by atoms with Crippen molar-refractivity contribution in [2.45, 2.75) is 6.92 Å². The highest BCUT2D eigenvalue weighted by molar-refractivity contribution is 5.90. The van der Waals surface area contributed by atoms with E-state index in [0.29, 0.717) is 30.3 Å². The molecule has 0 unspecified atom stereocenters. The summed E-state index contributed by atoms with van der Waals surface area (Å²) in [6.07, 6.45) is 1.82. The molecule has 5 nitrogen and oxygen atoms in total. The second-order valence-corrected chi connectivity index (χ2v) is 6.82. The molecule has 0 N–H and O–H groups in total. The number of allylic oxidation sites excluding steroid dienone is 1. The minimum atomic E-state index is 0.443. The number of hydrogen-bond acceptors (Lipinski definition) is 5. The van der Waals surface area contributed by atoms with Crippen LogP contribution in [0.2, 0.25) is 0 Å². The molecule has 0 saturated carbocycles. The highest BCUT2D eigenvalue weighted by atomic mass is 16.5. The molecule has 3 aromatic carbocycles. The average molecular weight is 415 g/mol. The van der Waals surface area contributed by atoms with Gasteiger partial charge in [-0.25, -0.2) is 0 Å². The lowest BCUT2D eigenvalue weighted by Crippen LogP contribution is -2.08. The van der Waals surface area contributed by atoms with E-state index in [9.17, 15) is 5.26 Å². The molecule has 3 rings (SSSR count). The van der Waals surface area contributed by atoms with Crippen LogP contribution in [0.1, 0.15) is 16.7 Å². The van der Waals surface area contributed by atoms with Gasteiger partial charge in [-0.3, -0.25) is 0 Å². The Balaban J connectivity index is 1.60. The van der Waals surface area contributed by atoms with Crippen LogP contribution < -0.4 is 18.9 Å². The molecule has 0 fully saturated rings. The van der Waals surface area contributed by atoms with Crippen molar-refractivity contribution >= 4 is 11.6 Å². The Hall–Kier alpha value is -3.91. The van der Waals surface area contributed by atoms with Crippen LogP contribution >= 0.6 is 0 Å². The van der Waals surface area contributed by atoms with E-state index in [1.807, 2.05) is 67.6 Å². The number of ether oxygens (including phenoxy) is 4. The molecule has 0 spiro atoms. The molecule has 0 aliphatic carbocycles. The summed E-state index contributed by atoms with van der Waals surface area (Å²) in [5.41, 5.74) is 3.38. The SMILES string of the molecule is COc1ccc(C(C#N)=Cc2ccc(OCCOc3ccc(C)cc3)cc2)cc1OC. The van der Waals surface area contributed by atoms with E-state index in [1.165, 1.54) is 5.56 Å². The third-order valence-corrected chi connectivity index (χ3v) is 4.65. The van der Waals surface area contributed by atoms with Crippen molar-refractivity contribution in [3.63, 3.8) is 0 Å². The van der Waals surface area contributed by atoms with Gasteiger partial charge in [0.15, 0.2) is 11.5 Å². The topological polar surface area (TPSA) is 60.7 Å². The summed E-state index contributed by atoms with van der Waals surface area (Å²) < 4.78 is 22.0. The molecule has 0 saturated heterocycles. The fraction of sp³-hybridized carbons (Fsp3) is 0.192. The molecule has 0 aromatic heterocycles. The highest BCUT2D eigenvalue weighted by Crippen LogP contribution is 2.31. The van der Waals surface area contributed by atoms with Crippen LogP contribution in [0.25, 0.3) is 11.6 Å². The predicted molar refractivity (Wildman–Crippen MR) is 122 cm³/mol. The number of aryl methyl sites for hydroxylation is 1. The molecule has 5 heteroatoms. The van der Waals surface area contributed by atoms with Crippen molar-refractivity contribution < 1.29 is 18.9 Å². The van der Waals surface area contributed by atoms with Crippen LogP contribution in [0.3, 0.4) is 0 Å². The molecular weight excluding hydrogens is 390 g/mol. The zero-order valence-electron chi connectivity index (χ0n) is 17.9. The third kappa shape index (κ3) is 6.03. The number of rotatable bonds is 9. The molecule has 0 aliphatic heterocycles. The number of hydrogen-bond donors (Lipinski definition) is 0. The summed E-state index contributed by atoms with van der Waals surface area (Å²) in [5.74, 6) is 2.78. The Morgan fingerprint density at radius 2 is 1.39 bits per heavy atom. The fourth-order valence-corrected chi connectivity index (χ4v) is 2.96. The monoisotopic (exact) mass is 415 g/mol. The molecule has 0 bridgehead atoms. The van der Waals surface area contributed by atoms with Gasteiger partial charge in [-0.15, -0.1) is 0 Å². The van der Waals surface area contributed by atoms with Crippen LogP contribution in [0.15, 0.2) is 66.7 Å². The summed E-state index contributed by atoms with van der Waals surface area (Å²) in [7, 11) is 3.15. The summed E-state index contributed by atoms with van der Waals surface area (Å²) in [5, 5.41) is 9.61. The van der Waals surface area contributed by atoms with Crippen molar-refractivity contribution in [1.29, 1.82) is 5.26 Å². The quantitative estimate of drug-likeness (QED) is 0.261. The van der Waals surface area contributed by atoms with E-state index in [-0.39, 0.29) is 0 Å². The van der Waals surface area contributed by atoms with Gasteiger partial charge < -0.3 is 18.9 Å². The lowest BCUT2D eigenvalue weighted by molar-refractivity contribution is 0.217. The van der Waals surface area contributed by atoms with Crippen LogP contribution in [0.4, 0.5) is 0 Å². The largest absolute Gasteiger partial charge is 0.493 e. The second-order valence-electron chi connectivity index (χ2n) is 6.82. The number of nitrogens with zero attached hydrogens (tertiary/aromatic N) is 1. The van der Waals surface area contributed by atoms with Crippen molar-refractivity contribution in [2.24, 2.45) is 0 Å². The number of benzene rings is 3. The van der Waals surface area contributed by atoms with E-state index < -0.39 is 0 Å². The molecule has 0 aliphatic rings. The van der Waals surface area contributed by atoms with E-state index in [2.05, 4.69) is 6.07 Å². The molecule has 0 atom stereocenters. The standard InChI is InChI=1S/C26H25NO4/c1-19-4-9-23(10-5-19)30-14-15-31-24-11-6-20(7-12-24)16-22(18-27)21-8-13-25(28-2)26(17-21)29-3/h4-13,16-17H,14-15H2,1-3H3. The maximum absolute atomic E-state index is 9.61. The first-order valence-corrected chi connectivity index (χ1v) is 9.89. The Morgan fingerprint density at radius 3 is 1.94 bits per heavy atom. The molecule has 0 amide bonds. The molecule has 158 valence electrons. The van der Waals surface area contributed by atoms with E-state index in [0.717, 1.165) is 22.6 Å². The summed E-state index contributed by atoms with van der Waals surface area (Å²) in [6.45, 7) is 2.94. The van der Waals surface area contributed by atoms with Crippen LogP contribution in [-0.2, 0) is 0 Å². The highest BCUT2D eigenvalue weighted by Gasteiger charge is 2.08. The van der Waals surface area contributed by atoms with Gasteiger partial charge in [0, 0.05) is 0 Å². The van der Waals surface area contributed by atoms with E-state index in [4.69, 9.17) is 18.9 Å². The van der Waals surface area contributed by atoms with Gasteiger partial charge in [0.2, 0.25) is 0 Å². The zero-order chi connectivity index (χ0) is 22.1. The second kappa shape index (κ2) is 10.7. The average Bonchev–Trinajstić information content (AvgIpc) is 2.81. The number of methoxy groups -OCH3 is 2. The molecule has 31 heavy (non-hydrogen) atoms. The minimum absolute atomic E-state index is 0.443. The summed E-state index contributed by atoms with van der Waals surface area (Å²) >= 11 is 0. The Morgan fingerprint density at radius 1 is 0.806 bits per heavy atom. The van der Waals surface area contributed by atoms with Gasteiger partial charge in [0.1, 0.15) is 24.7 Å². The lowest BCUT2D eigenvalue weighted by atomic mass is 10.0. The van der Waals surface area contributed by atoms with Crippen molar-refractivity contribution in [1.82, 2.24) is 0 Å². The Labute approximate surface area is 183 Å². The molecule has 3 aromatic rings. The van der Waals surface area contributed by atoms with E-state index in [1.54, 1.807) is 26.4 Å². The molecular formula is C26H25NO4. The normalized spacial score (nSPS) is 10.8. The van der Waals surface area contributed by atoms with Gasteiger partial charge >= 0.3 is 0 Å². The maximum atomic E-state index is 9.61. The molecule has 0 radical (unpaired) electrons. The summed E-state index contributed by atoms with van der Waals surface area (Å²) in [4.78, 5) is 0. The lowest BCUT2D eigenvalue weighted by Gasteiger charge is -2.10. The van der Waals surface area contributed by atoms with Crippen LogP contribution in [0.5, 0.6) is 23.0 Å². The van der Waals surface area contributed by atoms with Gasteiger partial charge in [0.05, 0.1) is 25.9 Å². The maximum Gasteiger partial charge on any atom is 0.161 e. The van der Waals surface area contributed by atoms with Crippen molar-refractivity contribution in [3.8, 4) is 29.1 Å². The zero-order valence-corrected chi connectivity index (χ0v) is 17.9. The Bertz CT molecular complexity index is 1060. The van der Waals surface area contributed by atoms with Gasteiger partial charge in [-0.1, -0.05) is 29.8 Å². The van der Waals surface area contributed by atoms with Crippen LogP contribution in [0, 0.1) is 18.3 Å². The van der Waals surface area contributed by atoms with Gasteiger partial charge in [-0.2, -0.15) is 5.26 Å². The predicted octanol–water partition coefficient (Wildman–Crippen LogP) is 5.53. The van der Waals surface area contributed by atoms with E-state index >= 15 is 0 Å². The Kier molecular flexibility index (Phi) is 7.56. The van der Waals surface area contributed by atoms with Gasteiger partial charge in [-0.05, 0) is 66.6 Å². The molecule has 0 heterocycles.